The first-order valence-electron chi connectivity index (χ1n) is 21.2. The number of fused-ring (bicyclic) bond motifs is 1. The lowest BCUT2D eigenvalue weighted by Crippen LogP contribution is -2.68. The molecule has 60 heavy (non-hydrogen) atoms. The molecular weight excluding hydrogens is 773 g/mol. The Balaban J connectivity index is 1.28. The standard InChI is InChI=1S/C48H62N4O7Si/c1-8-32-58-36-29-27-35(28-30-36)33-40-45(56)52-31-19-25-41(52)44(55)49-39(43(54)51-48(7,9-2)46(57)50-40)24-17-12-18-26-42(53)34(3)59-60(47(4,5)6,37-20-13-10-14-21-37)38-22-15-11-16-23-38/h8,10-11,13-16,18,20-23,26-30,34,39-41H,1,9,12,17,19,24-25,31-33H2,2-7H3,(H,49,55)(H,50,57)(H,51,54)/b26-18+/t34-,39+,40+,41-,48+/m1/s1. The van der Waals surface area contributed by atoms with Crippen LogP contribution in [0.3, 0.4) is 0 Å². The number of rotatable bonds is 16. The lowest BCUT2D eigenvalue weighted by atomic mass is 9.94. The minimum Gasteiger partial charge on any atom is -0.490 e. The number of nitrogens with one attached hydrogen (secondary N) is 3. The Morgan fingerprint density at radius 1 is 0.933 bits per heavy atom. The van der Waals surface area contributed by atoms with E-state index in [1.807, 2.05) is 48.5 Å². The fourth-order valence-corrected chi connectivity index (χ4v) is 12.8. The fourth-order valence-electron chi connectivity index (χ4n) is 8.12. The number of allylic oxidation sites excluding steroid dienone is 1. The zero-order valence-electron chi connectivity index (χ0n) is 36.0. The minimum atomic E-state index is -2.95. The summed E-state index contributed by atoms with van der Waals surface area (Å²) >= 11 is 0. The molecule has 0 radical (unpaired) electrons. The van der Waals surface area contributed by atoms with E-state index in [0.717, 1.165) is 15.9 Å². The highest BCUT2D eigenvalue weighted by Gasteiger charge is 2.51. The van der Waals surface area contributed by atoms with Crippen LogP contribution in [0.5, 0.6) is 5.75 Å². The van der Waals surface area contributed by atoms with Gasteiger partial charge in [-0.25, -0.2) is 0 Å². The molecule has 2 aliphatic rings. The maximum Gasteiger partial charge on any atom is 0.262 e. The van der Waals surface area contributed by atoms with E-state index in [-0.39, 0.29) is 36.0 Å². The Kier molecular flexibility index (Phi) is 15.5. The quantitative estimate of drug-likeness (QED) is 0.0769. The summed E-state index contributed by atoms with van der Waals surface area (Å²) in [7, 11) is -2.95. The van der Waals surface area contributed by atoms with E-state index in [1.165, 1.54) is 4.90 Å². The van der Waals surface area contributed by atoms with Crippen molar-refractivity contribution in [2.75, 3.05) is 13.2 Å². The van der Waals surface area contributed by atoms with Crippen LogP contribution in [0.4, 0.5) is 0 Å². The van der Waals surface area contributed by atoms with Crippen LogP contribution in [0.2, 0.25) is 5.04 Å². The van der Waals surface area contributed by atoms with Gasteiger partial charge in [-0.2, -0.15) is 0 Å². The molecule has 12 heteroatoms. The number of ether oxygens (including phenoxy) is 1. The number of amides is 4. The van der Waals surface area contributed by atoms with Crippen molar-refractivity contribution in [3.05, 3.63) is 115 Å². The molecule has 2 aliphatic heterocycles. The molecule has 0 aromatic heterocycles. The molecule has 3 N–H and O–H groups in total. The molecule has 2 fully saturated rings. The maximum atomic E-state index is 14.2. The zero-order valence-corrected chi connectivity index (χ0v) is 37.0. The van der Waals surface area contributed by atoms with Crippen molar-refractivity contribution >= 4 is 48.1 Å². The molecular formula is C48H62N4O7Si. The second-order valence-electron chi connectivity index (χ2n) is 17.1. The van der Waals surface area contributed by atoms with Gasteiger partial charge in [0.1, 0.15) is 42.1 Å². The number of carbonyl (C=O) groups excluding carboxylic acids is 5. The predicted molar refractivity (Wildman–Crippen MR) is 237 cm³/mol. The van der Waals surface area contributed by atoms with Gasteiger partial charge in [-0.05, 0) is 91.6 Å². The van der Waals surface area contributed by atoms with Crippen LogP contribution in [0.1, 0.15) is 85.6 Å². The third kappa shape index (κ3) is 10.7. The van der Waals surface area contributed by atoms with E-state index in [2.05, 4.69) is 67.6 Å². The van der Waals surface area contributed by atoms with Gasteiger partial charge in [-0.3, -0.25) is 24.0 Å². The van der Waals surface area contributed by atoms with Crippen molar-refractivity contribution < 1.29 is 33.1 Å². The molecule has 2 heterocycles. The molecule has 5 atom stereocenters. The van der Waals surface area contributed by atoms with Crippen LogP contribution in [-0.4, -0.2) is 85.5 Å². The molecule has 5 rings (SSSR count). The number of nitrogens with zero attached hydrogens (tertiary/aromatic N) is 1. The van der Waals surface area contributed by atoms with Gasteiger partial charge in [-0.15, -0.1) is 0 Å². The summed E-state index contributed by atoms with van der Waals surface area (Å²) in [6.07, 6.45) is 6.92. The van der Waals surface area contributed by atoms with Gasteiger partial charge >= 0.3 is 0 Å². The molecule has 0 saturated carbocycles. The van der Waals surface area contributed by atoms with Gasteiger partial charge in [0.2, 0.25) is 23.6 Å². The first-order valence-corrected chi connectivity index (χ1v) is 23.1. The molecule has 3 aromatic rings. The second-order valence-corrected chi connectivity index (χ2v) is 21.3. The summed E-state index contributed by atoms with van der Waals surface area (Å²) in [6, 6.07) is 24.9. The number of ketones is 1. The van der Waals surface area contributed by atoms with Gasteiger partial charge in [0.05, 0.1) is 0 Å². The van der Waals surface area contributed by atoms with Crippen LogP contribution in [-0.2, 0) is 34.8 Å². The monoisotopic (exact) mass is 834 g/mol. The number of benzene rings is 3. The van der Waals surface area contributed by atoms with Crippen molar-refractivity contribution in [3.8, 4) is 5.75 Å². The molecule has 0 unspecified atom stereocenters. The highest BCUT2D eigenvalue weighted by Crippen LogP contribution is 2.37. The van der Waals surface area contributed by atoms with Crippen LogP contribution < -0.4 is 31.1 Å². The van der Waals surface area contributed by atoms with Gasteiger partial charge < -0.3 is 30.0 Å². The van der Waals surface area contributed by atoms with E-state index in [1.54, 1.807) is 51.1 Å². The number of hydrogen-bond acceptors (Lipinski definition) is 7. The third-order valence-corrected chi connectivity index (χ3v) is 16.8. The van der Waals surface area contributed by atoms with E-state index >= 15 is 0 Å². The Morgan fingerprint density at radius 3 is 2.15 bits per heavy atom. The van der Waals surface area contributed by atoms with Crippen LogP contribution in [0.15, 0.2) is 110 Å². The lowest BCUT2D eigenvalue weighted by molar-refractivity contribution is -0.144. The Bertz CT molecular complexity index is 1960. The smallest absolute Gasteiger partial charge is 0.262 e. The molecule has 320 valence electrons. The van der Waals surface area contributed by atoms with Crippen molar-refractivity contribution in [2.45, 2.75) is 121 Å². The average molecular weight is 835 g/mol. The first-order chi connectivity index (χ1) is 28.6. The first kappa shape index (κ1) is 45.7. The fraction of sp³-hybridized carbons (Fsp3) is 0.438. The third-order valence-electron chi connectivity index (χ3n) is 11.7. The van der Waals surface area contributed by atoms with Gasteiger partial charge in [0, 0.05) is 13.0 Å². The summed E-state index contributed by atoms with van der Waals surface area (Å²) in [5.74, 6) is -1.25. The Labute approximate surface area is 356 Å². The highest BCUT2D eigenvalue weighted by molar-refractivity contribution is 6.99. The van der Waals surface area contributed by atoms with E-state index in [0.29, 0.717) is 44.6 Å². The molecule has 0 bridgehead atoms. The molecule has 4 amide bonds. The minimum absolute atomic E-state index is 0.163. The normalized spacial score (nSPS) is 22.2. The van der Waals surface area contributed by atoms with E-state index in [4.69, 9.17) is 9.16 Å². The van der Waals surface area contributed by atoms with Crippen molar-refractivity contribution in [1.29, 1.82) is 0 Å². The molecule has 0 spiro atoms. The van der Waals surface area contributed by atoms with Crippen LogP contribution in [0, 0.1) is 0 Å². The lowest BCUT2D eigenvalue weighted by Gasteiger charge is -2.44. The number of unbranched alkanes of at least 4 members (excludes halogenated alkanes) is 1. The zero-order chi connectivity index (χ0) is 43.5. The number of carbonyl (C=O) groups is 5. The van der Waals surface area contributed by atoms with Gasteiger partial charge in [0.25, 0.3) is 8.32 Å². The SMILES string of the molecule is C=CCOc1ccc(C[C@@H]2NC(=O)[C@](C)(CC)NC(=O)[C@H](CCC/C=C/C(=O)[C@@H](C)O[Si](c3ccccc3)(c3ccccc3)C(C)(C)C)NC(=O)[C@H]3CCCN3C2=O)cc1. The summed E-state index contributed by atoms with van der Waals surface area (Å²) in [6.45, 7) is 16.1. The summed E-state index contributed by atoms with van der Waals surface area (Å²) in [5, 5.41) is 10.6. The van der Waals surface area contributed by atoms with Crippen LogP contribution in [0.25, 0.3) is 0 Å². The van der Waals surface area contributed by atoms with Gasteiger partial charge in [0.15, 0.2) is 5.78 Å². The van der Waals surface area contributed by atoms with Crippen molar-refractivity contribution in [2.24, 2.45) is 0 Å². The van der Waals surface area contributed by atoms with Crippen LogP contribution >= 0.6 is 0 Å². The predicted octanol–water partition coefficient (Wildman–Crippen LogP) is 5.31. The summed E-state index contributed by atoms with van der Waals surface area (Å²) in [5.41, 5.74) is -0.566. The molecule has 3 aromatic carbocycles. The summed E-state index contributed by atoms with van der Waals surface area (Å²) in [4.78, 5) is 71.1. The topological polar surface area (TPSA) is 143 Å². The van der Waals surface area contributed by atoms with E-state index in [9.17, 15) is 24.0 Å². The van der Waals surface area contributed by atoms with Gasteiger partial charge in [-0.1, -0.05) is 119 Å². The maximum absolute atomic E-state index is 14.2. The Morgan fingerprint density at radius 2 is 1.57 bits per heavy atom. The molecule has 0 aliphatic carbocycles. The largest absolute Gasteiger partial charge is 0.490 e. The Hall–Kier alpha value is -5.33. The van der Waals surface area contributed by atoms with E-state index < -0.39 is 55.8 Å². The highest BCUT2D eigenvalue weighted by atomic mass is 28.4. The molecule has 11 nitrogen and oxygen atoms in total. The molecule has 2 saturated heterocycles. The second kappa shape index (κ2) is 20.3. The summed E-state index contributed by atoms with van der Waals surface area (Å²) < 4.78 is 12.6. The van der Waals surface area contributed by atoms with Crippen molar-refractivity contribution in [3.63, 3.8) is 0 Å². The van der Waals surface area contributed by atoms with Crippen molar-refractivity contribution in [1.82, 2.24) is 20.9 Å². The average Bonchev–Trinajstić information content (AvgIpc) is 3.74. The number of hydrogen-bond donors (Lipinski definition) is 3.